The van der Waals surface area contributed by atoms with Crippen molar-refractivity contribution < 1.29 is 17.9 Å². The maximum absolute atomic E-state index is 12.6. The Morgan fingerprint density at radius 1 is 1.25 bits per heavy atom. The molecule has 5 heteroatoms. The zero-order valence-corrected chi connectivity index (χ0v) is 10.9. The molecule has 1 heterocycles. The maximum atomic E-state index is 12.6. The third-order valence-corrected chi connectivity index (χ3v) is 2.75. The number of aryl methyl sites for hydroxylation is 1. The third kappa shape index (κ3) is 3.23. The molecule has 0 fully saturated rings. The molecule has 0 amide bonds. The highest BCUT2D eigenvalue weighted by atomic mass is 19.3. The van der Waals surface area contributed by atoms with Crippen LogP contribution < -0.4 is 10.2 Å². The molecule has 3 nitrogen and oxygen atoms in total. The van der Waals surface area contributed by atoms with Gasteiger partial charge in [0.15, 0.2) is 5.76 Å². The fourth-order valence-corrected chi connectivity index (χ4v) is 1.77. The van der Waals surface area contributed by atoms with E-state index in [2.05, 4.69) is 0 Å². The quantitative estimate of drug-likeness (QED) is 0.838. The Kier molecular flexibility index (Phi) is 4.50. The van der Waals surface area contributed by atoms with E-state index in [0.717, 1.165) is 11.6 Å². The van der Waals surface area contributed by atoms with Crippen LogP contribution in [-0.4, -0.2) is 0 Å². The summed E-state index contributed by atoms with van der Waals surface area (Å²) in [5, 5.41) is 0. The largest absolute Gasteiger partial charge is 0.482 e. The molecule has 0 radical (unpaired) electrons. The van der Waals surface area contributed by atoms with Crippen LogP contribution in [0.1, 0.15) is 30.4 Å². The van der Waals surface area contributed by atoms with Crippen molar-refractivity contribution in [2.24, 2.45) is 0 Å². The van der Waals surface area contributed by atoms with Crippen LogP contribution >= 0.6 is 0 Å². The molecule has 0 aliphatic heterocycles. The van der Waals surface area contributed by atoms with Crippen molar-refractivity contribution >= 4 is 0 Å². The van der Waals surface area contributed by atoms with Gasteiger partial charge in [-0.2, -0.15) is 0 Å². The van der Waals surface area contributed by atoms with E-state index in [1.54, 1.807) is 6.92 Å². The molecular weight excluding hydrogens is 266 g/mol. The van der Waals surface area contributed by atoms with Gasteiger partial charge in [-0.25, -0.2) is 8.78 Å². The molecular formula is C15H14F2O3. The van der Waals surface area contributed by atoms with Crippen LogP contribution in [0.25, 0.3) is 0 Å². The Labute approximate surface area is 114 Å². The van der Waals surface area contributed by atoms with E-state index >= 15 is 0 Å². The molecule has 2 rings (SSSR count). The van der Waals surface area contributed by atoms with Gasteiger partial charge in [-0.05, 0) is 5.56 Å². The summed E-state index contributed by atoms with van der Waals surface area (Å²) in [6.45, 7) is 1.90. The summed E-state index contributed by atoms with van der Waals surface area (Å²) in [5.74, 6) is -0.483. The Balaban J connectivity index is 2.25. The number of hydrogen-bond donors (Lipinski definition) is 0. The first-order chi connectivity index (χ1) is 9.61. The van der Waals surface area contributed by atoms with Gasteiger partial charge in [0.05, 0.1) is 0 Å². The minimum Gasteiger partial charge on any atom is -0.482 e. The molecule has 20 heavy (non-hydrogen) atoms. The molecule has 0 saturated carbocycles. The number of rotatable bonds is 5. The molecule has 2 aromatic rings. The van der Waals surface area contributed by atoms with Crippen LogP contribution in [0, 0.1) is 0 Å². The molecule has 0 atom stereocenters. The van der Waals surface area contributed by atoms with Crippen molar-refractivity contribution in [2.75, 3.05) is 0 Å². The summed E-state index contributed by atoms with van der Waals surface area (Å²) in [6, 6.07) is 10.0. The highest BCUT2D eigenvalue weighted by Gasteiger charge is 2.17. The summed E-state index contributed by atoms with van der Waals surface area (Å²) in [7, 11) is 0. The first-order valence-corrected chi connectivity index (χ1v) is 6.23. The summed E-state index contributed by atoms with van der Waals surface area (Å²) in [5.41, 5.74) is 0.297. The van der Waals surface area contributed by atoms with E-state index in [1.165, 1.54) is 0 Å². The van der Waals surface area contributed by atoms with Crippen LogP contribution in [0.15, 0.2) is 45.6 Å². The summed E-state index contributed by atoms with van der Waals surface area (Å²) < 4.78 is 35.6. The molecule has 0 N–H and O–H groups in total. The number of ether oxygens (including phenoxy) is 1. The second-order valence-electron chi connectivity index (χ2n) is 4.19. The van der Waals surface area contributed by atoms with Crippen molar-refractivity contribution in [3.63, 3.8) is 0 Å². The topological polar surface area (TPSA) is 39.4 Å². The lowest BCUT2D eigenvalue weighted by molar-refractivity contribution is 0.115. The standard InChI is InChI=1S/C15H14F2O3/c1-2-12-14(11(18)8-13(20-12)15(16)17)19-9-10-6-4-3-5-7-10/h3-8,15H,2,9H2,1H3. The van der Waals surface area contributed by atoms with E-state index in [4.69, 9.17) is 9.15 Å². The van der Waals surface area contributed by atoms with Gasteiger partial charge in [-0.15, -0.1) is 0 Å². The number of halogens is 2. The number of hydrogen-bond acceptors (Lipinski definition) is 3. The van der Waals surface area contributed by atoms with Gasteiger partial charge in [0, 0.05) is 12.5 Å². The second kappa shape index (κ2) is 6.32. The third-order valence-electron chi connectivity index (χ3n) is 2.75. The molecule has 0 saturated heterocycles. The van der Waals surface area contributed by atoms with Crippen molar-refractivity contribution in [3.05, 3.63) is 63.7 Å². The van der Waals surface area contributed by atoms with Crippen molar-refractivity contribution in [3.8, 4) is 5.75 Å². The summed E-state index contributed by atoms with van der Waals surface area (Å²) in [6.07, 6.45) is -2.50. The fraction of sp³-hybridized carbons (Fsp3) is 0.267. The van der Waals surface area contributed by atoms with Crippen molar-refractivity contribution in [2.45, 2.75) is 26.4 Å². The van der Waals surface area contributed by atoms with Crippen LogP contribution in [-0.2, 0) is 13.0 Å². The average Bonchev–Trinajstić information content (AvgIpc) is 2.46. The Hall–Kier alpha value is -2.17. The normalized spacial score (nSPS) is 10.8. The predicted molar refractivity (Wildman–Crippen MR) is 70.1 cm³/mol. The second-order valence-corrected chi connectivity index (χ2v) is 4.19. The summed E-state index contributed by atoms with van der Waals surface area (Å²) in [4.78, 5) is 11.8. The first-order valence-electron chi connectivity index (χ1n) is 6.23. The zero-order valence-electron chi connectivity index (χ0n) is 10.9. The molecule has 0 aliphatic carbocycles. The molecule has 1 aromatic heterocycles. The van der Waals surface area contributed by atoms with Gasteiger partial charge in [-0.1, -0.05) is 37.3 Å². The minimum absolute atomic E-state index is 0.000697. The smallest absolute Gasteiger partial charge is 0.295 e. The Bertz CT molecular complexity index is 621. The summed E-state index contributed by atoms with van der Waals surface area (Å²) >= 11 is 0. The van der Waals surface area contributed by atoms with E-state index in [1.807, 2.05) is 30.3 Å². The number of benzene rings is 1. The molecule has 1 aromatic carbocycles. The number of alkyl halides is 2. The lowest BCUT2D eigenvalue weighted by Gasteiger charge is -2.10. The van der Waals surface area contributed by atoms with Crippen LogP contribution in [0.3, 0.4) is 0 Å². The van der Waals surface area contributed by atoms with E-state index in [0.29, 0.717) is 6.42 Å². The molecule has 0 unspecified atom stereocenters. The van der Waals surface area contributed by atoms with Crippen LogP contribution in [0.2, 0.25) is 0 Å². The monoisotopic (exact) mass is 280 g/mol. The fourth-order valence-electron chi connectivity index (χ4n) is 1.77. The highest BCUT2D eigenvalue weighted by Crippen LogP contribution is 2.23. The molecule has 106 valence electrons. The lowest BCUT2D eigenvalue weighted by Crippen LogP contribution is -2.11. The first kappa shape index (κ1) is 14.2. The Morgan fingerprint density at radius 2 is 1.95 bits per heavy atom. The van der Waals surface area contributed by atoms with Gasteiger partial charge in [0.25, 0.3) is 6.43 Å². The van der Waals surface area contributed by atoms with Crippen LogP contribution in [0.4, 0.5) is 8.78 Å². The SMILES string of the molecule is CCc1oc(C(F)F)cc(=O)c1OCc1ccccc1. The van der Waals surface area contributed by atoms with Gasteiger partial charge in [-0.3, -0.25) is 4.79 Å². The van der Waals surface area contributed by atoms with Crippen molar-refractivity contribution in [1.29, 1.82) is 0 Å². The predicted octanol–water partition coefficient (Wildman–Crippen LogP) is 3.72. The van der Waals surface area contributed by atoms with E-state index in [9.17, 15) is 13.6 Å². The van der Waals surface area contributed by atoms with Crippen molar-refractivity contribution in [1.82, 2.24) is 0 Å². The molecule has 0 spiro atoms. The van der Waals surface area contributed by atoms with E-state index < -0.39 is 17.6 Å². The lowest BCUT2D eigenvalue weighted by atomic mass is 10.2. The van der Waals surface area contributed by atoms with Crippen LogP contribution in [0.5, 0.6) is 5.75 Å². The zero-order chi connectivity index (χ0) is 14.5. The highest BCUT2D eigenvalue weighted by molar-refractivity contribution is 5.27. The van der Waals surface area contributed by atoms with Gasteiger partial charge in [0.2, 0.25) is 11.2 Å². The maximum Gasteiger partial charge on any atom is 0.295 e. The van der Waals surface area contributed by atoms with Gasteiger partial charge >= 0.3 is 0 Å². The van der Waals surface area contributed by atoms with Gasteiger partial charge in [0.1, 0.15) is 12.4 Å². The average molecular weight is 280 g/mol. The minimum atomic E-state index is -2.81. The van der Waals surface area contributed by atoms with E-state index in [-0.39, 0.29) is 18.1 Å². The Morgan fingerprint density at radius 3 is 2.55 bits per heavy atom. The molecule has 0 bridgehead atoms. The van der Waals surface area contributed by atoms with Gasteiger partial charge < -0.3 is 9.15 Å². The molecule has 0 aliphatic rings.